The highest BCUT2D eigenvalue weighted by molar-refractivity contribution is 5.72. The van der Waals surface area contributed by atoms with Crippen LogP contribution in [0.25, 0.3) is 16.9 Å². The van der Waals surface area contributed by atoms with Crippen LogP contribution >= 0.6 is 0 Å². The van der Waals surface area contributed by atoms with E-state index in [-0.39, 0.29) is 5.41 Å². The van der Waals surface area contributed by atoms with Gasteiger partial charge in [0.1, 0.15) is 5.75 Å². The van der Waals surface area contributed by atoms with Crippen LogP contribution < -0.4 is 9.47 Å². The van der Waals surface area contributed by atoms with Gasteiger partial charge in [-0.2, -0.15) is 0 Å². The summed E-state index contributed by atoms with van der Waals surface area (Å²) in [6.45, 7) is 9.20. The van der Waals surface area contributed by atoms with E-state index in [0.717, 1.165) is 28.4 Å². The zero-order valence-electron chi connectivity index (χ0n) is 15.0. The Bertz CT molecular complexity index is 860. The van der Waals surface area contributed by atoms with Crippen molar-refractivity contribution in [3.8, 4) is 22.8 Å². The quantitative estimate of drug-likeness (QED) is 0.697. The molecule has 2 heterocycles. The first-order chi connectivity index (χ1) is 11.4. The van der Waals surface area contributed by atoms with Crippen molar-refractivity contribution in [2.45, 2.75) is 33.1 Å². The molecule has 0 amide bonds. The number of fused-ring (bicyclic) bond motifs is 1. The van der Waals surface area contributed by atoms with Gasteiger partial charge in [-0.15, -0.1) is 0 Å². The van der Waals surface area contributed by atoms with Crippen molar-refractivity contribution in [1.29, 1.82) is 0 Å². The summed E-state index contributed by atoms with van der Waals surface area (Å²) in [7, 11) is 1.69. The average molecular weight is 324 g/mol. The topological polar surface area (TPSA) is 35.8 Å². The highest BCUT2D eigenvalue weighted by atomic mass is 16.5. The number of ether oxygens (including phenoxy) is 2. The van der Waals surface area contributed by atoms with E-state index in [9.17, 15) is 0 Å². The number of rotatable bonds is 4. The number of hydrogen-bond donors (Lipinski definition) is 0. The summed E-state index contributed by atoms with van der Waals surface area (Å²) in [5.74, 6) is 1.61. The average Bonchev–Trinajstić information content (AvgIpc) is 2.98. The Hall–Kier alpha value is -2.49. The lowest BCUT2D eigenvalue weighted by molar-refractivity contribution is 0.342. The second-order valence-electron chi connectivity index (χ2n) is 6.83. The molecule has 24 heavy (non-hydrogen) atoms. The van der Waals surface area contributed by atoms with E-state index >= 15 is 0 Å². The van der Waals surface area contributed by atoms with Gasteiger partial charge in [0.05, 0.1) is 19.4 Å². The van der Waals surface area contributed by atoms with Gasteiger partial charge in [-0.1, -0.05) is 26.8 Å². The molecule has 4 heteroatoms. The lowest BCUT2D eigenvalue weighted by Crippen LogP contribution is -2.11. The first-order valence-corrected chi connectivity index (χ1v) is 8.23. The van der Waals surface area contributed by atoms with E-state index in [2.05, 4.69) is 32.9 Å². The molecule has 0 fully saturated rings. The molecule has 3 rings (SSSR count). The Labute approximate surface area is 143 Å². The van der Waals surface area contributed by atoms with Crippen molar-refractivity contribution in [1.82, 2.24) is 9.38 Å². The summed E-state index contributed by atoms with van der Waals surface area (Å²) in [6, 6.07) is 10.2. The van der Waals surface area contributed by atoms with Crippen LogP contribution in [0.3, 0.4) is 0 Å². The molecule has 0 saturated carbocycles. The van der Waals surface area contributed by atoms with E-state index in [1.54, 1.807) is 7.11 Å². The van der Waals surface area contributed by atoms with Gasteiger partial charge in [-0.05, 0) is 42.2 Å². The number of hydrogen-bond acceptors (Lipinski definition) is 3. The molecule has 0 unspecified atom stereocenters. The number of imidazole rings is 1. The lowest BCUT2D eigenvalue weighted by Gasteiger charge is -2.20. The van der Waals surface area contributed by atoms with Gasteiger partial charge in [-0.25, -0.2) is 4.98 Å². The van der Waals surface area contributed by atoms with Gasteiger partial charge in [0, 0.05) is 18.0 Å². The largest absolute Gasteiger partial charge is 0.496 e. The van der Waals surface area contributed by atoms with E-state index in [1.165, 1.54) is 5.56 Å². The maximum atomic E-state index is 5.69. The number of pyridine rings is 1. The van der Waals surface area contributed by atoms with Crippen molar-refractivity contribution in [2.24, 2.45) is 0 Å². The van der Waals surface area contributed by atoms with E-state index < -0.39 is 0 Å². The third-order valence-corrected chi connectivity index (χ3v) is 4.09. The lowest BCUT2D eigenvalue weighted by atomic mass is 9.86. The molecule has 0 aliphatic heterocycles. The summed E-state index contributed by atoms with van der Waals surface area (Å²) in [5, 5.41) is 0. The Kier molecular flexibility index (Phi) is 4.22. The fourth-order valence-electron chi connectivity index (χ4n) is 2.76. The molecule has 0 atom stereocenters. The summed E-state index contributed by atoms with van der Waals surface area (Å²) in [5.41, 5.74) is 4.01. The molecule has 2 aromatic heterocycles. The van der Waals surface area contributed by atoms with Gasteiger partial charge >= 0.3 is 0 Å². The van der Waals surface area contributed by atoms with Crippen molar-refractivity contribution >= 4 is 5.65 Å². The zero-order valence-corrected chi connectivity index (χ0v) is 15.0. The molecule has 4 nitrogen and oxygen atoms in total. The van der Waals surface area contributed by atoms with E-state index in [4.69, 9.17) is 14.5 Å². The fraction of sp³-hybridized carbons (Fsp3) is 0.350. The van der Waals surface area contributed by atoms with Crippen LogP contribution in [0.15, 0.2) is 42.7 Å². The maximum Gasteiger partial charge on any atom is 0.180 e. The number of benzene rings is 1. The predicted octanol–water partition coefficient (Wildman–Crippen LogP) is 4.71. The van der Waals surface area contributed by atoms with Crippen molar-refractivity contribution in [2.75, 3.05) is 13.7 Å². The van der Waals surface area contributed by atoms with Gasteiger partial charge in [0.2, 0.25) is 0 Å². The van der Waals surface area contributed by atoms with E-state index in [1.807, 2.05) is 41.9 Å². The minimum absolute atomic E-state index is 0.0661. The van der Waals surface area contributed by atoms with Gasteiger partial charge < -0.3 is 13.9 Å². The first-order valence-electron chi connectivity index (χ1n) is 8.23. The first kappa shape index (κ1) is 16.4. The zero-order chi connectivity index (χ0) is 17.3. The Morgan fingerprint density at radius 3 is 2.58 bits per heavy atom. The molecular weight excluding hydrogens is 300 g/mol. The van der Waals surface area contributed by atoms with Crippen molar-refractivity contribution in [3.63, 3.8) is 0 Å². The summed E-state index contributed by atoms with van der Waals surface area (Å²) in [4.78, 5) is 4.79. The Morgan fingerprint density at radius 2 is 1.92 bits per heavy atom. The standard InChI is InChI=1S/C20H24N2O2/c1-6-24-18-8-7-11-22-13-16(21-19(18)22)15-12-14(20(2,3)4)9-10-17(15)23-5/h7-13H,6H2,1-5H3. The molecule has 0 N–H and O–H groups in total. The van der Waals surface area contributed by atoms with Crippen LogP contribution in [-0.2, 0) is 5.41 Å². The fourth-order valence-corrected chi connectivity index (χ4v) is 2.76. The molecule has 0 aliphatic rings. The molecule has 126 valence electrons. The van der Waals surface area contributed by atoms with Crippen molar-refractivity contribution in [3.05, 3.63) is 48.3 Å². The van der Waals surface area contributed by atoms with Crippen LogP contribution in [0.2, 0.25) is 0 Å². The third-order valence-electron chi connectivity index (χ3n) is 4.09. The van der Waals surface area contributed by atoms with Crippen molar-refractivity contribution < 1.29 is 9.47 Å². The molecule has 3 aromatic rings. The molecule has 0 saturated heterocycles. The smallest absolute Gasteiger partial charge is 0.180 e. The summed E-state index contributed by atoms with van der Waals surface area (Å²) < 4.78 is 13.2. The molecule has 1 aromatic carbocycles. The second-order valence-corrected chi connectivity index (χ2v) is 6.83. The minimum atomic E-state index is 0.0661. The second kappa shape index (κ2) is 6.19. The Morgan fingerprint density at radius 1 is 1.12 bits per heavy atom. The maximum absolute atomic E-state index is 5.69. The van der Waals surface area contributed by atoms with Crippen LogP contribution in [0.5, 0.6) is 11.5 Å². The monoisotopic (exact) mass is 324 g/mol. The third kappa shape index (κ3) is 2.96. The summed E-state index contributed by atoms with van der Waals surface area (Å²) in [6.07, 6.45) is 4.00. The predicted molar refractivity (Wildman–Crippen MR) is 97.0 cm³/mol. The number of nitrogens with zero attached hydrogens (tertiary/aromatic N) is 2. The molecular formula is C20H24N2O2. The van der Waals surface area contributed by atoms with Crippen LogP contribution in [0, 0.1) is 0 Å². The SMILES string of the molecule is CCOc1cccn2cc(-c3cc(C(C)(C)C)ccc3OC)nc12. The van der Waals surface area contributed by atoms with Gasteiger partial charge in [0.25, 0.3) is 0 Å². The number of aromatic nitrogens is 2. The normalized spacial score (nSPS) is 11.7. The van der Waals surface area contributed by atoms with Crippen LogP contribution in [0.1, 0.15) is 33.3 Å². The highest BCUT2D eigenvalue weighted by Crippen LogP contribution is 2.35. The van der Waals surface area contributed by atoms with Crippen LogP contribution in [0.4, 0.5) is 0 Å². The molecule has 0 radical (unpaired) electrons. The Balaban J connectivity index is 2.17. The molecule has 0 bridgehead atoms. The minimum Gasteiger partial charge on any atom is -0.496 e. The van der Waals surface area contributed by atoms with E-state index in [0.29, 0.717) is 6.61 Å². The number of methoxy groups -OCH3 is 1. The van der Waals surface area contributed by atoms with Gasteiger partial charge in [-0.3, -0.25) is 0 Å². The van der Waals surface area contributed by atoms with Crippen LogP contribution in [-0.4, -0.2) is 23.1 Å². The molecule has 0 spiro atoms. The molecule has 0 aliphatic carbocycles. The summed E-state index contributed by atoms with van der Waals surface area (Å²) >= 11 is 0. The highest BCUT2D eigenvalue weighted by Gasteiger charge is 2.18. The van der Waals surface area contributed by atoms with Gasteiger partial charge in [0.15, 0.2) is 11.4 Å².